The quantitative estimate of drug-likeness (QED) is 0.597. The molecule has 1 aromatic carbocycles. The van der Waals surface area contributed by atoms with Crippen LogP contribution in [-0.4, -0.2) is 32.8 Å². The predicted octanol–water partition coefficient (Wildman–Crippen LogP) is 1.30. The Morgan fingerprint density at radius 3 is 2.48 bits per heavy atom. The molecule has 0 unspecified atom stereocenters. The third kappa shape index (κ3) is 5.56. The lowest BCUT2D eigenvalue weighted by Crippen LogP contribution is -2.33. The Bertz CT molecular complexity index is 627. The zero-order chi connectivity index (χ0) is 16.3. The highest BCUT2D eigenvalue weighted by Crippen LogP contribution is 2.32. The molecule has 0 spiro atoms. The number of nitro groups is 1. The maximum atomic E-state index is 11.1. The molecule has 0 bridgehead atoms. The highest BCUT2D eigenvalue weighted by Gasteiger charge is 2.26. The molecule has 21 heavy (non-hydrogen) atoms. The number of rotatable bonds is 7. The van der Waals surface area contributed by atoms with E-state index in [1.165, 1.54) is 25.3 Å². The first-order valence-corrected chi connectivity index (χ1v) is 7.71. The van der Waals surface area contributed by atoms with Gasteiger partial charge in [0.05, 0.1) is 24.4 Å². The summed E-state index contributed by atoms with van der Waals surface area (Å²) in [7, 11) is -2.24. The highest BCUT2D eigenvalue weighted by atomic mass is 32.2. The van der Waals surface area contributed by atoms with E-state index in [0.29, 0.717) is 5.75 Å². The molecular weight excluding hydrogens is 300 g/mol. The number of nitrogens with zero attached hydrogens (tertiary/aromatic N) is 1. The standard InChI is InChI=1S/C12H18N2O6S/c1-12(2,8-21(13,17)18)7-20-11-6-9(19-3)4-5-10(11)14(15)16/h4-6H,7-8H2,1-3H3,(H2,13,17,18). The molecule has 0 radical (unpaired) electrons. The van der Waals surface area contributed by atoms with Gasteiger partial charge in [0.25, 0.3) is 0 Å². The average Bonchev–Trinajstić information content (AvgIpc) is 2.33. The summed E-state index contributed by atoms with van der Waals surface area (Å²) >= 11 is 0. The van der Waals surface area contributed by atoms with E-state index >= 15 is 0 Å². The third-order valence-electron chi connectivity index (χ3n) is 2.57. The molecule has 9 heteroatoms. The summed E-state index contributed by atoms with van der Waals surface area (Å²) in [6.07, 6.45) is 0. The molecule has 1 aromatic rings. The van der Waals surface area contributed by atoms with Crippen LogP contribution >= 0.6 is 0 Å². The number of methoxy groups -OCH3 is 1. The molecule has 0 aliphatic heterocycles. The zero-order valence-electron chi connectivity index (χ0n) is 12.0. The van der Waals surface area contributed by atoms with Crippen molar-refractivity contribution in [1.82, 2.24) is 0 Å². The van der Waals surface area contributed by atoms with Crippen LogP contribution in [-0.2, 0) is 10.0 Å². The van der Waals surface area contributed by atoms with Crippen LogP contribution in [0.3, 0.4) is 0 Å². The first-order valence-electron chi connectivity index (χ1n) is 6.00. The second-order valence-electron chi connectivity index (χ2n) is 5.35. The van der Waals surface area contributed by atoms with Crippen LogP contribution < -0.4 is 14.6 Å². The topological polar surface area (TPSA) is 122 Å². The van der Waals surface area contributed by atoms with Gasteiger partial charge in [-0.3, -0.25) is 10.1 Å². The van der Waals surface area contributed by atoms with E-state index < -0.39 is 20.4 Å². The van der Waals surface area contributed by atoms with Crippen molar-refractivity contribution >= 4 is 15.7 Å². The maximum Gasteiger partial charge on any atom is 0.311 e. The number of primary sulfonamides is 1. The largest absolute Gasteiger partial charge is 0.497 e. The second kappa shape index (κ2) is 6.27. The number of hydrogen-bond donors (Lipinski definition) is 1. The van der Waals surface area contributed by atoms with Gasteiger partial charge in [-0.1, -0.05) is 13.8 Å². The average molecular weight is 318 g/mol. The second-order valence-corrected chi connectivity index (χ2v) is 6.97. The van der Waals surface area contributed by atoms with Crippen LogP contribution in [0.1, 0.15) is 13.8 Å². The SMILES string of the molecule is COc1ccc([N+](=O)[O-])c(OCC(C)(C)CS(N)(=O)=O)c1. The summed E-state index contributed by atoms with van der Waals surface area (Å²) in [6.45, 7) is 3.24. The molecule has 1 rings (SSSR count). The van der Waals surface area contributed by atoms with E-state index in [0.717, 1.165) is 0 Å². The van der Waals surface area contributed by atoms with Gasteiger partial charge in [0, 0.05) is 17.5 Å². The van der Waals surface area contributed by atoms with Crippen molar-refractivity contribution in [3.63, 3.8) is 0 Å². The Morgan fingerprint density at radius 2 is 2.00 bits per heavy atom. The van der Waals surface area contributed by atoms with Crippen LogP contribution in [0.2, 0.25) is 0 Å². The molecule has 0 fully saturated rings. The van der Waals surface area contributed by atoms with Crippen LogP contribution in [0.5, 0.6) is 11.5 Å². The van der Waals surface area contributed by atoms with Crippen molar-refractivity contribution in [2.24, 2.45) is 10.6 Å². The molecule has 0 saturated heterocycles. The molecule has 0 aromatic heterocycles. The molecule has 8 nitrogen and oxygen atoms in total. The van der Waals surface area contributed by atoms with Crippen molar-refractivity contribution in [3.05, 3.63) is 28.3 Å². The maximum absolute atomic E-state index is 11.1. The molecular formula is C12H18N2O6S. The lowest BCUT2D eigenvalue weighted by Gasteiger charge is -2.23. The minimum Gasteiger partial charge on any atom is -0.497 e. The first-order chi connectivity index (χ1) is 9.54. The lowest BCUT2D eigenvalue weighted by molar-refractivity contribution is -0.386. The van der Waals surface area contributed by atoms with Gasteiger partial charge >= 0.3 is 5.69 Å². The van der Waals surface area contributed by atoms with Crippen LogP contribution in [0.25, 0.3) is 0 Å². The fraction of sp³-hybridized carbons (Fsp3) is 0.500. The Morgan fingerprint density at radius 1 is 1.38 bits per heavy atom. The Balaban J connectivity index is 2.94. The monoisotopic (exact) mass is 318 g/mol. The minimum atomic E-state index is -3.66. The Labute approximate surface area is 123 Å². The van der Waals surface area contributed by atoms with Crippen molar-refractivity contribution in [2.75, 3.05) is 19.5 Å². The number of hydrogen-bond acceptors (Lipinski definition) is 6. The molecule has 0 atom stereocenters. The lowest BCUT2D eigenvalue weighted by atomic mass is 9.98. The van der Waals surface area contributed by atoms with Gasteiger partial charge in [-0.15, -0.1) is 0 Å². The third-order valence-corrected chi connectivity index (χ3v) is 3.76. The molecule has 0 aliphatic carbocycles. The van der Waals surface area contributed by atoms with E-state index in [4.69, 9.17) is 14.6 Å². The van der Waals surface area contributed by atoms with Crippen LogP contribution in [0.4, 0.5) is 5.69 Å². The van der Waals surface area contributed by atoms with Crippen molar-refractivity contribution < 1.29 is 22.8 Å². The summed E-state index contributed by atoms with van der Waals surface area (Å²) in [5.41, 5.74) is -1.01. The fourth-order valence-corrected chi connectivity index (χ4v) is 2.92. The van der Waals surface area contributed by atoms with Gasteiger partial charge in [0.2, 0.25) is 15.8 Å². The molecule has 0 saturated carbocycles. The number of ether oxygens (including phenoxy) is 2. The van der Waals surface area contributed by atoms with Crippen molar-refractivity contribution in [3.8, 4) is 11.5 Å². The molecule has 0 aliphatic rings. The van der Waals surface area contributed by atoms with Gasteiger partial charge in [0.1, 0.15) is 5.75 Å². The molecule has 0 heterocycles. The van der Waals surface area contributed by atoms with Crippen molar-refractivity contribution in [2.45, 2.75) is 13.8 Å². The summed E-state index contributed by atoms with van der Waals surface area (Å²) in [5.74, 6) is 0.124. The molecule has 0 amide bonds. The smallest absolute Gasteiger partial charge is 0.311 e. The van der Waals surface area contributed by atoms with Gasteiger partial charge < -0.3 is 9.47 Å². The number of nitro benzene ring substituents is 1. The first kappa shape index (κ1) is 17.2. The van der Waals surface area contributed by atoms with E-state index in [1.807, 2.05) is 0 Å². The highest BCUT2D eigenvalue weighted by molar-refractivity contribution is 7.89. The van der Waals surface area contributed by atoms with Gasteiger partial charge in [-0.05, 0) is 6.07 Å². The Kier molecular flexibility index (Phi) is 5.13. The van der Waals surface area contributed by atoms with Crippen molar-refractivity contribution in [1.29, 1.82) is 0 Å². The number of benzene rings is 1. The normalized spacial score (nSPS) is 12.0. The van der Waals surface area contributed by atoms with Crippen LogP contribution in [0, 0.1) is 15.5 Å². The number of sulfonamides is 1. The fourth-order valence-electron chi connectivity index (χ4n) is 1.75. The van der Waals surface area contributed by atoms with E-state index in [-0.39, 0.29) is 23.8 Å². The molecule has 2 N–H and O–H groups in total. The summed E-state index contributed by atoms with van der Waals surface area (Å²) < 4.78 is 32.6. The minimum absolute atomic E-state index is 0.0156. The summed E-state index contributed by atoms with van der Waals surface area (Å²) in [4.78, 5) is 10.4. The molecule has 118 valence electrons. The van der Waals surface area contributed by atoms with Gasteiger partial charge in [-0.2, -0.15) is 0 Å². The summed E-state index contributed by atoms with van der Waals surface area (Å²) in [5, 5.41) is 15.9. The van der Waals surface area contributed by atoms with Crippen LogP contribution in [0.15, 0.2) is 18.2 Å². The van der Waals surface area contributed by atoms with E-state index in [1.54, 1.807) is 13.8 Å². The zero-order valence-corrected chi connectivity index (χ0v) is 12.8. The van der Waals surface area contributed by atoms with E-state index in [9.17, 15) is 18.5 Å². The van der Waals surface area contributed by atoms with Gasteiger partial charge in [-0.25, -0.2) is 13.6 Å². The summed E-state index contributed by atoms with van der Waals surface area (Å²) in [6, 6.07) is 4.09. The van der Waals surface area contributed by atoms with Gasteiger partial charge in [0.15, 0.2) is 0 Å². The Hall–Kier alpha value is -1.87. The predicted molar refractivity (Wildman–Crippen MR) is 76.9 cm³/mol. The van der Waals surface area contributed by atoms with E-state index in [2.05, 4.69) is 0 Å². The number of nitrogens with two attached hydrogens (primary N) is 1.